The van der Waals surface area contributed by atoms with Gasteiger partial charge in [-0.1, -0.05) is 24.6 Å². The van der Waals surface area contributed by atoms with Gasteiger partial charge in [-0.25, -0.2) is 0 Å². The van der Waals surface area contributed by atoms with E-state index < -0.39 is 0 Å². The molecule has 2 aromatic rings. The molecule has 3 unspecified atom stereocenters. The highest BCUT2D eigenvalue weighted by Crippen LogP contribution is 2.36. The Morgan fingerprint density at radius 2 is 2.04 bits per heavy atom. The predicted molar refractivity (Wildman–Crippen MR) is 89.3 cm³/mol. The van der Waals surface area contributed by atoms with Crippen LogP contribution in [0.2, 0.25) is 0 Å². The van der Waals surface area contributed by atoms with E-state index in [1.54, 1.807) is 0 Å². The van der Waals surface area contributed by atoms with Gasteiger partial charge in [0.25, 0.3) is 5.91 Å². The van der Waals surface area contributed by atoms with E-state index in [0.29, 0.717) is 29.5 Å². The van der Waals surface area contributed by atoms with Gasteiger partial charge in [0, 0.05) is 36.1 Å². The van der Waals surface area contributed by atoms with Gasteiger partial charge in [0.15, 0.2) is 0 Å². The predicted octanol–water partition coefficient (Wildman–Crippen LogP) is 1.73. The van der Waals surface area contributed by atoms with Crippen LogP contribution in [0.15, 0.2) is 35.1 Å². The molecule has 5 nitrogen and oxygen atoms in total. The minimum Gasteiger partial charge on any atom is -0.338 e. The molecule has 1 amide bonds. The lowest BCUT2D eigenvalue weighted by atomic mass is 9.78. The number of aromatic amines is 1. The van der Waals surface area contributed by atoms with Gasteiger partial charge in [-0.2, -0.15) is 0 Å². The minimum absolute atomic E-state index is 0.0473. The first kappa shape index (κ1) is 14.5. The quantitative estimate of drug-likeness (QED) is 0.842. The second kappa shape index (κ2) is 5.49. The van der Waals surface area contributed by atoms with Crippen LogP contribution in [-0.2, 0) is 0 Å². The number of nitrogens with two attached hydrogens (primary N) is 1. The third-order valence-corrected chi connectivity index (χ3v) is 5.42. The summed E-state index contributed by atoms with van der Waals surface area (Å²) in [5, 5.41) is 0.802. The molecule has 0 spiro atoms. The molecule has 2 fully saturated rings. The summed E-state index contributed by atoms with van der Waals surface area (Å²) in [6, 6.07) is 9.07. The number of hydrogen-bond donors (Lipinski definition) is 2. The van der Waals surface area contributed by atoms with Crippen LogP contribution in [0.3, 0.4) is 0 Å². The Balaban J connectivity index is 1.69. The Hall–Kier alpha value is -2.14. The Morgan fingerprint density at radius 1 is 1.22 bits per heavy atom. The summed E-state index contributed by atoms with van der Waals surface area (Å²) in [5.41, 5.74) is 7.21. The molecule has 0 radical (unpaired) electrons. The van der Waals surface area contributed by atoms with Gasteiger partial charge >= 0.3 is 0 Å². The highest BCUT2D eigenvalue weighted by Gasteiger charge is 2.40. The van der Waals surface area contributed by atoms with Crippen LogP contribution in [0.5, 0.6) is 0 Å². The van der Waals surface area contributed by atoms with Crippen LogP contribution in [0.4, 0.5) is 0 Å². The molecule has 1 aromatic carbocycles. The largest absolute Gasteiger partial charge is 0.338 e. The van der Waals surface area contributed by atoms with E-state index in [4.69, 9.17) is 5.73 Å². The number of pyridine rings is 1. The van der Waals surface area contributed by atoms with E-state index >= 15 is 0 Å². The highest BCUT2D eigenvalue weighted by molar-refractivity contribution is 6.06. The van der Waals surface area contributed by atoms with Gasteiger partial charge < -0.3 is 15.6 Å². The number of hydrogen-bond acceptors (Lipinski definition) is 3. The van der Waals surface area contributed by atoms with Gasteiger partial charge in [-0.05, 0) is 30.7 Å². The summed E-state index contributed by atoms with van der Waals surface area (Å²) in [5.74, 6) is 0.867. The molecule has 23 heavy (non-hydrogen) atoms. The average molecular weight is 311 g/mol. The average Bonchev–Trinajstić information content (AvgIpc) is 2.99. The zero-order valence-electron chi connectivity index (χ0n) is 13.0. The minimum atomic E-state index is -0.236. The summed E-state index contributed by atoms with van der Waals surface area (Å²) in [6.45, 7) is 1.48. The van der Waals surface area contributed by atoms with Gasteiger partial charge in [-0.15, -0.1) is 0 Å². The lowest BCUT2D eigenvalue weighted by molar-refractivity contribution is 0.0785. The number of carbonyl (C=O) groups is 1. The van der Waals surface area contributed by atoms with Crippen LogP contribution >= 0.6 is 0 Å². The van der Waals surface area contributed by atoms with Crippen LogP contribution < -0.4 is 11.3 Å². The van der Waals surface area contributed by atoms with Crippen molar-refractivity contribution in [3.05, 3.63) is 46.2 Å². The highest BCUT2D eigenvalue weighted by atomic mass is 16.2. The third kappa shape index (κ3) is 2.45. The maximum absolute atomic E-state index is 13.0. The normalized spacial score (nSPS) is 27.2. The zero-order chi connectivity index (χ0) is 16.0. The Bertz CT molecular complexity index is 813. The van der Waals surface area contributed by atoms with Gasteiger partial charge in [-0.3, -0.25) is 9.59 Å². The number of amides is 1. The maximum atomic E-state index is 13.0. The van der Waals surface area contributed by atoms with Crippen molar-refractivity contribution in [3.8, 4) is 0 Å². The topological polar surface area (TPSA) is 79.2 Å². The van der Waals surface area contributed by atoms with Crippen molar-refractivity contribution in [2.45, 2.75) is 25.3 Å². The van der Waals surface area contributed by atoms with E-state index in [9.17, 15) is 9.59 Å². The number of benzene rings is 1. The van der Waals surface area contributed by atoms with Crippen LogP contribution in [-0.4, -0.2) is 34.9 Å². The van der Waals surface area contributed by atoms with Crippen LogP contribution in [0.25, 0.3) is 10.9 Å². The molecule has 1 aliphatic heterocycles. The fourth-order valence-electron chi connectivity index (χ4n) is 4.23. The van der Waals surface area contributed by atoms with Crippen molar-refractivity contribution in [1.29, 1.82) is 0 Å². The van der Waals surface area contributed by atoms with Crippen LogP contribution in [0.1, 0.15) is 29.6 Å². The lowest BCUT2D eigenvalue weighted by Crippen LogP contribution is -2.38. The fourth-order valence-corrected chi connectivity index (χ4v) is 4.23. The molecule has 3 N–H and O–H groups in total. The van der Waals surface area contributed by atoms with Crippen molar-refractivity contribution in [2.75, 3.05) is 13.1 Å². The number of likely N-dealkylation sites (tertiary alicyclic amines) is 1. The van der Waals surface area contributed by atoms with Crippen molar-refractivity contribution in [3.63, 3.8) is 0 Å². The fraction of sp³-hybridized carbons (Fsp3) is 0.444. The smallest absolute Gasteiger partial charge is 0.254 e. The lowest BCUT2D eigenvalue weighted by Gasteiger charge is -2.29. The first-order valence-corrected chi connectivity index (χ1v) is 8.30. The van der Waals surface area contributed by atoms with E-state index in [1.807, 2.05) is 29.2 Å². The third-order valence-electron chi connectivity index (χ3n) is 5.42. The van der Waals surface area contributed by atoms with Crippen molar-refractivity contribution in [1.82, 2.24) is 9.88 Å². The molecular formula is C18H21N3O2. The van der Waals surface area contributed by atoms with E-state index in [0.717, 1.165) is 31.2 Å². The number of para-hydroxylation sites is 1. The van der Waals surface area contributed by atoms with Gasteiger partial charge in [0.2, 0.25) is 5.56 Å². The molecular weight excluding hydrogens is 290 g/mol. The van der Waals surface area contributed by atoms with Crippen molar-refractivity contribution in [2.24, 2.45) is 17.6 Å². The molecule has 1 saturated carbocycles. The summed E-state index contributed by atoms with van der Waals surface area (Å²) in [6.07, 6.45) is 3.35. The number of carbonyl (C=O) groups excluding carboxylic acids is 1. The van der Waals surface area contributed by atoms with E-state index in [1.165, 1.54) is 6.07 Å². The summed E-state index contributed by atoms with van der Waals surface area (Å²) >= 11 is 0. The van der Waals surface area contributed by atoms with Gasteiger partial charge in [0.05, 0.1) is 5.56 Å². The Labute approximate surface area is 134 Å². The molecule has 2 heterocycles. The number of fused-ring (bicyclic) bond motifs is 2. The number of nitrogens with one attached hydrogen (secondary N) is 1. The molecule has 120 valence electrons. The Morgan fingerprint density at radius 3 is 2.87 bits per heavy atom. The Kier molecular flexibility index (Phi) is 3.45. The number of H-pyrrole nitrogens is 1. The van der Waals surface area contributed by atoms with E-state index in [-0.39, 0.29) is 17.5 Å². The number of aromatic nitrogens is 1. The number of nitrogens with zero attached hydrogens (tertiary/aromatic N) is 1. The van der Waals surface area contributed by atoms with Crippen molar-refractivity contribution >= 4 is 16.8 Å². The van der Waals surface area contributed by atoms with E-state index in [2.05, 4.69) is 4.98 Å². The molecule has 4 rings (SSSR count). The molecule has 3 atom stereocenters. The second-order valence-corrected chi connectivity index (χ2v) is 6.82. The summed E-state index contributed by atoms with van der Waals surface area (Å²) in [7, 11) is 0. The molecule has 5 heteroatoms. The number of rotatable bonds is 1. The van der Waals surface area contributed by atoms with Crippen LogP contribution in [0, 0.1) is 11.8 Å². The van der Waals surface area contributed by atoms with Crippen molar-refractivity contribution < 1.29 is 4.79 Å². The standard InChI is InChI=1S/C18H21N3O2/c19-15-6-3-4-11-9-21(10-14(11)15)18(23)13-8-17(22)20-16-7-2-1-5-12(13)16/h1-2,5,7-8,11,14-15H,3-4,6,9-10,19H2,(H,20,22). The van der Waals surface area contributed by atoms with Gasteiger partial charge in [0.1, 0.15) is 0 Å². The monoisotopic (exact) mass is 311 g/mol. The molecule has 1 saturated heterocycles. The molecule has 2 aliphatic rings. The molecule has 1 aliphatic carbocycles. The molecule has 1 aromatic heterocycles. The zero-order valence-corrected chi connectivity index (χ0v) is 13.0. The first-order chi connectivity index (χ1) is 11.1. The summed E-state index contributed by atoms with van der Waals surface area (Å²) in [4.78, 5) is 29.6. The first-order valence-electron chi connectivity index (χ1n) is 8.30. The summed E-state index contributed by atoms with van der Waals surface area (Å²) < 4.78 is 0. The molecule has 0 bridgehead atoms. The maximum Gasteiger partial charge on any atom is 0.254 e. The SMILES string of the molecule is NC1CCCC2CN(C(=O)c3cc(=O)[nH]c4ccccc34)CC12. The second-order valence-electron chi connectivity index (χ2n) is 6.82.